The highest BCUT2D eigenvalue weighted by Gasteiger charge is 2.23. The van der Waals surface area contributed by atoms with Crippen LogP contribution >= 0.6 is 23.2 Å². The van der Waals surface area contributed by atoms with Gasteiger partial charge in [0.2, 0.25) is 0 Å². The molecule has 142 valence electrons. The monoisotopic (exact) mass is 417 g/mol. The van der Waals surface area contributed by atoms with Crippen molar-refractivity contribution in [3.8, 4) is 0 Å². The highest BCUT2D eigenvalue weighted by molar-refractivity contribution is 7.91. The van der Waals surface area contributed by atoms with E-state index in [1.807, 2.05) is 13.0 Å². The van der Waals surface area contributed by atoms with Crippen LogP contribution in [0.1, 0.15) is 11.5 Å². The Hall–Kier alpha value is -1.12. The molecule has 3 rings (SSSR count). The molecule has 2 aromatic rings. The molecule has 6 nitrogen and oxygen atoms in total. The minimum Gasteiger partial charge on any atom is -0.361 e. The van der Waals surface area contributed by atoms with Crippen molar-refractivity contribution in [3.63, 3.8) is 0 Å². The second-order valence-corrected chi connectivity index (χ2v) is 9.36. The predicted molar refractivity (Wildman–Crippen MR) is 101 cm³/mol. The number of aromatic nitrogens is 1. The van der Waals surface area contributed by atoms with Crippen molar-refractivity contribution in [3.05, 3.63) is 45.8 Å². The fourth-order valence-corrected chi connectivity index (χ4v) is 5.06. The molecule has 0 radical (unpaired) electrons. The third kappa shape index (κ3) is 4.98. The normalized spacial score (nSPS) is 16.9. The summed E-state index contributed by atoms with van der Waals surface area (Å²) in [6.45, 7) is 6.46. The standard InChI is InChI=1S/C17H21Cl2N3O3S/c1-13-10-15(20-25-13)12-22-6-4-21(5-7-22)8-9-26(23,24)17-11-14(18)2-3-16(17)19/h2-3,10-11H,4-9,12H2,1H3. The van der Waals surface area contributed by atoms with Gasteiger partial charge in [0, 0.05) is 50.4 Å². The Balaban J connectivity index is 1.51. The molecular weight excluding hydrogens is 397 g/mol. The van der Waals surface area contributed by atoms with Crippen molar-refractivity contribution in [1.82, 2.24) is 15.0 Å². The zero-order valence-electron chi connectivity index (χ0n) is 14.5. The SMILES string of the molecule is Cc1cc(CN2CCN(CCS(=O)(=O)c3cc(Cl)ccc3Cl)CC2)no1. The van der Waals surface area contributed by atoms with Crippen LogP contribution in [0.2, 0.25) is 10.0 Å². The molecule has 1 saturated heterocycles. The van der Waals surface area contributed by atoms with E-state index in [1.165, 1.54) is 12.1 Å². The van der Waals surface area contributed by atoms with Crippen LogP contribution < -0.4 is 0 Å². The van der Waals surface area contributed by atoms with Crippen molar-refractivity contribution in [1.29, 1.82) is 0 Å². The molecule has 0 spiro atoms. The number of nitrogens with zero attached hydrogens (tertiary/aromatic N) is 3. The maximum atomic E-state index is 12.6. The number of halogens is 2. The Bertz CT molecular complexity index is 862. The summed E-state index contributed by atoms with van der Waals surface area (Å²) in [5.74, 6) is 0.832. The second kappa shape index (κ2) is 8.27. The van der Waals surface area contributed by atoms with Gasteiger partial charge in [-0.05, 0) is 25.1 Å². The van der Waals surface area contributed by atoms with E-state index in [9.17, 15) is 8.42 Å². The first kappa shape index (κ1) is 19.6. The second-order valence-electron chi connectivity index (χ2n) is 6.44. The van der Waals surface area contributed by atoms with Crippen LogP contribution in [0.3, 0.4) is 0 Å². The van der Waals surface area contributed by atoms with Crippen LogP contribution in [0.25, 0.3) is 0 Å². The Morgan fingerprint density at radius 3 is 2.46 bits per heavy atom. The molecule has 2 heterocycles. The summed E-state index contributed by atoms with van der Waals surface area (Å²) in [5, 5.41) is 4.59. The number of hydrogen-bond acceptors (Lipinski definition) is 6. The van der Waals surface area contributed by atoms with E-state index >= 15 is 0 Å². The highest BCUT2D eigenvalue weighted by atomic mass is 35.5. The molecule has 1 fully saturated rings. The minimum absolute atomic E-state index is 0.0234. The lowest BCUT2D eigenvalue weighted by atomic mass is 10.3. The molecule has 0 saturated carbocycles. The number of hydrogen-bond donors (Lipinski definition) is 0. The van der Waals surface area contributed by atoms with Gasteiger partial charge in [0.05, 0.1) is 21.4 Å². The lowest BCUT2D eigenvalue weighted by molar-refractivity contribution is 0.130. The average molecular weight is 418 g/mol. The predicted octanol–water partition coefficient (Wildman–Crippen LogP) is 2.88. The van der Waals surface area contributed by atoms with E-state index in [1.54, 1.807) is 6.07 Å². The maximum Gasteiger partial charge on any atom is 0.181 e. The third-order valence-electron chi connectivity index (χ3n) is 4.43. The molecule has 1 aliphatic rings. The molecule has 1 aliphatic heterocycles. The van der Waals surface area contributed by atoms with Crippen LogP contribution in [-0.4, -0.2) is 61.9 Å². The molecule has 0 N–H and O–H groups in total. The van der Waals surface area contributed by atoms with Crippen LogP contribution in [0.4, 0.5) is 0 Å². The number of benzene rings is 1. The molecule has 0 atom stereocenters. The fourth-order valence-electron chi connectivity index (χ4n) is 2.97. The number of sulfone groups is 1. The van der Waals surface area contributed by atoms with Crippen molar-refractivity contribution >= 4 is 33.0 Å². The summed E-state index contributed by atoms with van der Waals surface area (Å²) >= 11 is 11.9. The molecule has 0 aliphatic carbocycles. The number of rotatable bonds is 6. The smallest absolute Gasteiger partial charge is 0.181 e. The summed E-state index contributed by atoms with van der Waals surface area (Å²) < 4.78 is 30.2. The average Bonchev–Trinajstić information content (AvgIpc) is 3.01. The van der Waals surface area contributed by atoms with Gasteiger partial charge in [-0.15, -0.1) is 0 Å². The lowest BCUT2D eigenvalue weighted by Gasteiger charge is -2.34. The molecule has 0 bridgehead atoms. The molecule has 9 heteroatoms. The van der Waals surface area contributed by atoms with E-state index in [4.69, 9.17) is 27.7 Å². The van der Waals surface area contributed by atoms with Crippen molar-refractivity contribution in [2.24, 2.45) is 0 Å². The number of aryl methyl sites for hydroxylation is 1. The molecular formula is C17H21Cl2N3O3S. The molecule has 26 heavy (non-hydrogen) atoms. The topological polar surface area (TPSA) is 66.7 Å². The quantitative estimate of drug-likeness (QED) is 0.719. The highest BCUT2D eigenvalue weighted by Crippen LogP contribution is 2.26. The zero-order valence-corrected chi connectivity index (χ0v) is 16.8. The van der Waals surface area contributed by atoms with Crippen LogP contribution in [0.15, 0.2) is 33.7 Å². The van der Waals surface area contributed by atoms with E-state index in [0.717, 1.165) is 44.2 Å². The molecule has 1 aromatic heterocycles. The Morgan fingerprint density at radius 2 is 1.81 bits per heavy atom. The Morgan fingerprint density at radius 1 is 1.12 bits per heavy atom. The summed E-state index contributed by atoms with van der Waals surface area (Å²) in [7, 11) is -3.47. The van der Waals surface area contributed by atoms with E-state index in [-0.39, 0.29) is 15.7 Å². The first-order chi connectivity index (χ1) is 12.3. The molecule has 1 aromatic carbocycles. The van der Waals surface area contributed by atoms with Crippen LogP contribution in [-0.2, 0) is 16.4 Å². The first-order valence-electron chi connectivity index (χ1n) is 8.38. The lowest BCUT2D eigenvalue weighted by Crippen LogP contribution is -2.47. The van der Waals surface area contributed by atoms with Crippen LogP contribution in [0, 0.1) is 6.92 Å². The zero-order chi connectivity index (χ0) is 18.7. The van der Waals surface area contributed by atoms with Crippen molar-refractivity contribution in [2.75, 3.05) is 38.5 Å². The van der Waals surface area contributed by atoms with Gasteiger partial charge in [0.25, 0.3) is 0 Å². The van der Waals surface area contributed by atoms with Crippen LogP contribution in [0.5, 0.6) is 0 Å². The minimum atomic E-state index is -3.47. The molecule has 0 unspecified atom stereocenters. The van der Waals surface area contributed by atoms with Gasteiger partial charge in [0.15, 0.2) is 9.84 Å². The summed E-state index contributed by atoms with van der Waals surface area (Å²) in [4.78, 5) is 4.54. The van der Waals surface area contributed by atoms with E-state index < -0.39 is 9.84 Å². The van der Waals surface area contributed by atoms with Gasteiger partial charge < -0.3 is 4.52 Å². The van der Waals surface area contributed by atoms with Gasteiger partial charge in [0.1, 0.15) is 5.76 Å². The van der Waals surface area contributed by atoms with Gasteiger partial charge in [-0.3, -0.25) is 9.80 Å². The van der Waals surface area contributed by atoms with Gasteiger partial charge in [-0.1, -0.05) is 28.4 Å². The summed E-state index contributed by atoms with van der Waals surface area (Å²) in [6, 6.07) is 6.45. The van der Waals surface area contributed by atoms with E-state index in [2.05, 4.69) is 15.0 Å². The third-order valence-corrected chi connectivity index (χ3v) is 6.84. The van der Waals surface area contributed by atoms with E-state index in [0.29, 0.717) is 11.6 Å². The maximum absolute atomic E-state index is 12.6. The van der Waals surface area contributed by atoms with Crippen molar-refractivity contribution in [2.45, 2.75) is 18.4 Å². The Labute approximate surface area is 163 Å². The number of piperazine rings is 1. The van der Waals surface area contributed by atoms with Gasteiger partial charge in [-0.2, -0.15) is 0 Å². The summed E-state index contributed by atoms with van der Waals surface area (Å²) in [6.07, 6.45) is 0. The summed E-state index contributed by atoms with van der Waals surface area (Å²) in [5.41, 5.74) is 0.925. The van der Waals surface area contributed by atoms with Gasteiger partial charge in [-0.25, -0.2) is 8.42 Å². The largest absolute Gasteiger partial charge is 0.361 e. The first-order valence-corrected chi connectivity index (χ1v) is 10.8. The molecule has 0 amide bonds. The van der Waals surface area contributed by atoms with Gasteiger partial charge >= 0.3 is 0 Å². The van der Waals surface area contributed by atoms with Crippen molar-refractivity contribution < 1.29 is 12.9 Å². The fraction of sp³-hybridized carbons (Fsp3) is 0.471. The Kier molecular flexibility index (Phi) is 6.25.